The van der Waals surface area contributed by atoms with Crippen molar-refractivity contribution in [2.24, 2.45) is 0 Å². The van der Waals surface area contributed by atoms with Crippen LogP contribution in [0.25, 0.3) is 0 Å². The Balaban J connectivity index is 2.33. The lowest BCUT2D eigenvalue weighted by Crippen LogP contribution is -1.99. The van der Waals surface area contributed by atoms with Crippen LogP contribution in [0.4, 0.5) is 0 Å². The Bertz CT molecular complexity index is 263. The Morgan fingerprint density at radius 1 is 1.50 bits per heavy atom. The highest BCUT2D eigenvalue weighted by Gasteiger charge is 2.26. The molecule has 1 aliphatic carbocycles. The first kappa shape index (κ1) is 7.84. The number of rotatable bonds is 2. The normalized spacial score (nSPS) is 17.3. The zero-order chi connectivity index (χ0) is 8.72. The van der Waals surface area contributed by atoms with E-state index in [1.807, 2.05) is 6.20 Å². The number of aromatic nitrogens is 2. The smallest absolute Gasteiger partial charge is 0.0527 e. The number of hydrogen-bond acceptors (Lipinski definition) is 1. The van der Waals surface area contributed by atoms with Gasteiger partial charge in [0.15, 0.2) is 0 Å². The largest absolute Gasteiger partial charge is 0.267 e. The van der Waals surface area contributed by atoms with Crippen molar-refractivity contribution in [3.05, 3.63) is 17.5 Å². The minimum absolute atomic E-state index is 0.609. The molecule has 2 rings (SSSR count). The summed E-state index contributed by atoms with van der Waals surface area (Å²) in [4.78, 5) is 0. The van der Waals surface area contributed by atoms with Crippen LogP contribution in [0, 0.1) is 6.92 Å². The van der Waals surface area contributed by atoms with Crippen molar-refractivity contribution in [3.8, 4) is 0 Å². The molecule has 1 saturated carbocycles. The van der Waals surface area contributed by atoms with Crippen LogP contribution < -0.4 is 0 Å². The fourth-order valence-corrected chi connectivity index (χ4v) is 1.69. The summed E-state index contributed by atoms with van der Waals surface area (Å²) in [5, 5.41) is 4.42. The third-order valence-electron chi connectivity index (χ3n) is 2.60. The maximum atomic E-state index is 4.42. The minimum Gasteiger partial charge on any atom is -0.267 e. The molecule has 1 aromatic rings. The maximum absolute atomic E-state index is 4.42. The van der Waals surface area contributed by atoms with Crippen LogP contribution in [-0.4, -0.2) is 9.78 Å². The van der Waals surface area contributed by atoms with Gasteiger partial charge in [-0.15, -0.1) is 0 Å². The molecule has 12 heavy (non-hydrogen) atoms. The van der Waals surface area contributed by atoms with Gasteiger partial charge < -0.3 is 0 Å². The molecule has 0 saturated heterocycles. The van der Waals surface area contributed by atoms with Crippen LogP contribution in [-0.2, 0) is 0 Å². The molecule has 2 heteroatoms. The average Bonchev–Trinajstić information content (AvgIpc) is 2.75. The van der Waals surface area contributed by atoms with Crippen molar-refractivity contribution < 1.29 is 0 Å². The second-order valence-corrected chi connectivity index (χ2v) is 4.02. The molecule has 1 aromatic heterocycles. The summed E-state index contributed by atoms with van der Waals surface area (Å²) in [6.45, 7) is 6.63. The minimum atomic E-state index is 0.609. The molecule has 0 radical (unpaired) electrons. The van der Waals surface area contributed by atoms with E-state index in [2.05, 4.69) is 30.6 Å². The van der Waals surface area contributed by atoms with E-state index >= 15 is 0 Å². The SMILES string of the molecule is Cc1c(C(C)C)cnn1C1CC1. The van der Waals surface area contributed by atoms with Crippen molar-refractivity contribution in [1.82, 2.24) is 9.78 Å². The van der Waals surface area contributed by atoms with E-state index in [4.69, 9.17) is 0 Å². The predicted molar refractivity (Wildman–Crippen MR) is 49.3 cm³/mol. The highest BCUT2D eigenvalue weighted by molar-refractivity contribution is 5.20. The second-order valence-electron chi connectivity index (χ2n) is 4.02. The summed E-state index contributed by atoms with van der Waals surface area (Å²) in [6.07, 6.45) is 4.67. The van der Waals surface area contributed by atoms with Crippen molar-refractivity contribution in [1.29, 1.82) is 0 Å². The lowest BCUT2D eigenvalue weighted by molar-refractivity contribution is 0.619. The molecule has 0 N–H and O–H groups in total. The Labute approximate surface area is 73.6 Å². The van der Waals surface area contributed by atoms with Crippen LogP contribution in [0.1, 0.15) is 49.9 Å². The number of nitrogens with zero attached hydrogens (tertiary/aromatic N) is 2. The summed E-state index contributed by atoms with van der Waals surface area (Å²) in [7, 11) is 0. The fourth-order valence-electron chi connectivity index (χ4n) is 1.69. The molecule has 0 aliphatic heterocycles. The lowest BCUT2D eigenvalue weighted by atomic mass is 10.1. The van der Waals surface area contributed by atoms with Gasteiger partial charge in [0.2, 0.25) is 0 Å². The van der Waals surface area contributed by atoms with Gasteiger partial charge in [0, 0.05) is 5.69 Å². The molecule has 0 atom stereocenters. The van der Waals surface area contributed by atoms with E-state index in [0.717, 1.165) is 6.04 Å². The average molecular weight is 164 g/mol. The zero-order valence-electron chi connectivity index (χ0n) is 8.04. The molecule has 0 bridgehead atoms. The van der Waals surface area contributed by atoms with Gasteiger partial charge in [0.1, 0.15) is 0 Å². The van der Waals surface area contributed by atoms with Crippen molar-refractivity contribution in [3.63, 3.8) is 0 Å². The fraction of sp³-hybridized carbons (Fsp3) is 0.700. The molecule has 0 spiro atoms. The van der Waals surface area contributed by atoms with Crippen molar-refractivity contribution >= 4 is 0 Å². The molecule has 1 heterocycles. The quantitative estimate of drug-likeness (QED) is 0.657. The third kappa shape index (κ3) is 1.15. The highest BCUT2D eigenvalue weighted by Crippen LogP contribution is 2.36. The van der Waals surface area contributed by atoms with E-state index in [9.17, 15) is 0 Å². The summed E-state index contributed by atoms with van der Waals surface area (Å²) < 4.78 is 2.19. The topological polar surface area (TPSA) is 17.8 Å². The van der Waals surface area contributed by atoms with E-state index in [1.165, 1.54) is 24.1 Å². The summed E-state index contributed by atoms with van der Waals surface area (Å²) in [5.74, 6) is 0.609. The van der Waals surface area contributed by atoms with E-state index < -0.39 is 0 Å². The molecule has 66 valence electrons. The standard InChI is InChI=1S/C10H16N2/c1-7(2)10-6-11-12(8(10)3)9-4-5-9/h6-7,9H,4-5H2,1-3H3. The predicted octanol–water partition coefficient (Wildman–Crippen LogP) is 2.65. The Morgan fingerprint density at radius 3 is 2.58 bits per heavy atom. The van der Waals surface area contributed by atoms with Gasteiger partial charge in [-0.25, -0.2) is 0 Å². The molecule has 0 aromatic carbocycles. The van der Waals surface area contributed by atoms with Gasteiger partial charge in [-0.1, -0.05) is 13.8 Å². The molecule has 1 aliphatic rings. The molecular formula is C10H16N2. The van der Waals surface area contributed by atoms with Gasteiger partial charge in [-0.3, -0.25) is 4.68 Å². The zero-order valence-corrected chi connectivity index (χ0v) is 8.04. The summed E-state index contributed by atoms with van der Waals surface area (Å²) >= 11 is 0. The molecule has 0 amide bonds. The van der Waals surface area contributed by atoms with Crippen LogP contribution in [0.15, 0.2) is 6.20 Å². The third-order valence-corrected chi connectivity index (χ3v) is 2.60. The van der Waals surface area contributed by atoms with Crippen molar-refractivity contribution in [2.75, 3.05) is 0 Å². The van der Waals surface area contributed by atoms with Gasteiger partial charge in [-0.2, -0.15) is 5.10 Å². The van der Waals surface area contributed by atoms with Crippen LogP contribution in [0.2, 0.25) is 0 Å². The van der Waals surface area contributed by atoms with E-state index in [-0.39, 0.29) is 0 Å². The highest BCUT2D eigenvalue weighted by atomic mass is 15.3. The van der Waals surface area contributed by atoms with Crippen molar-refractivity contribution in [2.45, 2.75) is 45.6 Å². The van der Waals surface area contributed by atoms with Crippen LogP contribution >= 0.6 is 0 Å². The van der Waals surface area contributed by atoms with Gasteiger partial charge in [-0.05, 0) is 31.2 Å². The summed E-state index contributed by atoms with van der Waals surface area (Å²) in [6, 6.07) is 0.720. The van der Waals surface area contributed by atoms with Gasteiger partial charge >= 0.3 is 0 Å². The summed E-state index contributed by atoms with van der Waals surface area (Å²) in [5.41, 5.74) is 2.77. The van der Waals surface area contributed by atoms with Gasteiger partial charge in [0.05, 0.1) is 12.2 Å². The van der Waals surface area contributed by atoms with E-state index in [1.54, 1.807) is 0 Å². The first-order chi connectivity index (χ1) is 5.70. The van der Waals surface area contributed by atoms with Crippen LogP contribution in [0.5, 0.6) is 0 Å². The Hall–Kier alpha value is -0.790. The maximum Gasteiger partial charge on any atom is 0.0527 e. The van der Waals surface area contributed by atoms with Crippen LogP contribution in [0.3, 0.4) is 0 Å². The molecule has 2 nitrogen and oxygen atoms in total. The van der Waals surface area contributed by atoms with Gasteiger partial charge in [0.25, 0.3) is 0 Å². The molecule has 1 fully saturated rings. The van der Waals surface area contributed by atoms with E-state index in [0.29, 0.717) is 5.92 Å². The lowest BCUT2D eigenvalue weighted by Gasteiger charge is -2.05. The first-order valence-electron chi connectivity index (χ1n) is 4.74. The Kier molecular flexibility index (Phi) is 1.71. The monoisotopic (exact) mass is 164 g/mol. The number of hydrogen-bond donors (Lipinski definition) is 0. The molecule has 0 unspecified atom stereocenters. The molecular weight excluding hydrogens is 148 g/mol. The second kappa shape index (κ2) is 2.61. The Morgan fingerprint density at radius 2 is 2.17 bits per heavy atom. The first-order valence-corrected chi connectivity index (χ1v) is 4.74.